The van der Waals surface area contributed by atoms with Crippen molar-refractivity contribution in [1.29, 1.82) is 0 Å². The molecule has 2 amide bonds. The van der Waals surface area contributed by atoms with Crippen LogP contribution in [0.25, 0.3) is 0 Å². The van der Waals surface area contributed by atoms with Gasteiger partial charge in [-0.2, -0.15) is 0 Å². The second-order valence-corrected chi connectivity index (χ2v) is 7.91. The van der Waals surface area contributed by atoms with E-state index in [4.69, 9.17) is 11.6 Å². The minimum absolute atomic E-state index is 0.0345. The van der Waals surface area contributed by atoms with E-state index in [-0.39, 0.29) is 11.8 Å². The fourth-order valence-corrected chi connectivity index (χ4v) is 3.79. The number of hydrogen-bond donors (Lipinski definition) is 1. The molecule has 7 heteroatoms. The molecule has 2 fully saturated rings. The number of nitrogens with one attached hydrogen (secondary N) is 1. The van der Waals surface area contributed by atoms with Gasteiger partial charge in [0.05, 0.1) is 13.1 Å². The summed E-state index contributed by atoms with van der Waals surface area (Å²) in [5.41, 5.74) is 1.71. The van der Waals surface area contributed by atoms with E-state index in [1.807, 2.05) is 24.0 Å². The van der Waals surface area contributed by atoms with E-state index in [1.54, 1.807) is 6.07 Å². The zero-order valence-electron chi connectivity index (χ0n) is 16.0. The number of aryl methyl sites for hydroxylation is 1. The summed E-state index contributed by atoms with van der Waals surface area (Å²) in [7, 11) is 0. The van der Waals surface area contributed by atoms with Crippen molar-refractivity contribution >= 4 is 29.1 Å². The molecule has 1 aromatic carbocycles. The van der Waals surface area contributed by atoms with Gasteiger partial charge in [-0.25, -0.2) is 0 Å². The van der Waals surface area contributed by atoms with Crippen LogP contribution in [0.2, 0.25) is 5.02 Å². The first-order valence-corrected chi connectivity index (χ1v) is 10.2. The number of carbonyl (C=O) groups excluding carboxylic acids is 2. The maximum absolute atomic E-state index is 12.4. The van der Waals surface area contributed by atoms with E-state index < -0.39 is 0 Å². The van der Waals surface area contributed by atoms with Crippen LogP contribution < -0.4 is 5.32 Å². The fraction of sp³-hybridized carbons (Fsp3) is 0.600. The van der Waals surface area contributed by atoms with Crippen LogP contribution in [0.1, 0.15) is 24.8 Å². The van der Waals surface area contributed by atoms with Gasteiger partial charge in [0.25, 0.3) is 0 Å². The SMILES string of the molecule is Cc1ccc(NC(=O)CN2CCN(CC(=O)N3CCCCC3)CC2)cc1Cl. The maximum Gasteiger partial charge on any atom is 0.238 e. The van der Waals surface area contributed by atoms with Gasteiger partial charge in [-0.15, -0.1) is 0 Å². The zero-order valence-corrected chi connectivity index (χ0v) is 16.8. The molecule has 2 aliphatic rings. The topological polar surface area (TPSA) is 55.9 Å². The van der Waals surface area contributed by atoms with Crippen molar-refractivity contribution in [2.45, 2.75) is 26.2 Å². The molecule has 1 aromatic rings. The second kappa shape index (κ2) is 9.53. The van der Waals surface area contributed by atoms with E-state index >= 15 is 0 Å². The number of rotatable bonds is 5. The number of benzene rings is 1. The predicted molar refractivity (Wildman–Crippen MR) is 108 cm³/mol. The highest BCUT2D eigenvalue weighted by molar-refractivity contribution is 6.31. The van der Waals surface area contributed by atoms with Crippen LogP contribution in [0.5, 0.6) is 0 Å². The summed E-state index contributed by atoms with van der Waals surface area (Å²) in [4.78, 5) is 31.0. The van der Waals surface area contributed by atoms with Crippen molar-refractivity contribution in [3.05, 3.63) is 28.8 Å². The highest BCUT2D eigenvalue weighted by Crippen LogP contribution is 2.20. The standard InChI is InChI=1S/C20H29ClN4O2/c1-16-5-6-17(13-18(16)21)22-19(26)14-23-9-11-24(12-10-23)15-20(27)25-7-3-2-4-8-25/h5-6,13H,2-4,7-12,14-15H2,1H3,(H,22,26). The number of likely N-dealkylation sites (tertiary alicyclic amines) is 1. The zero-order chi connectivity index (χ0) is 19.2. The third kappa shape index (κ3) is 5.92. The monoisotopic (exact) mass is 392 g/mol. The third-order valence-electron chi connectivity index (χ3n) is 5.36. The van der Waals surface area contributed by atoms with E-state index in [0.29, 0.717) is 18.1 Å². The summed E-state index contributed by atoms with van der Waals surface area (Å²) in [6, 6.07) is 5.54. The van der Waals surface area contributed by atoms with Crippen molar-refractivity contribution < 1.29 is 9.59 Å². The molecule has 2 aliphatic heterocycles. The summed E-state index contributed by atoms with van der Waals surface area (Å²) >= 11 is 6.10. The summed E-state index contributed by atoms with van der Waals surface area (Å²) in [5.74, 6) is 0.213. The predicted octanol–water partition coefficient (Wildman–Crippen LogP) is 2.22. The van der Waals surface area contributed by atoms with Gasteiger partial charge in [-0.1, -0.05) is 17.7 Å². The average molecular weight is 393 g/mol. The van der Waals surface area contributed by atoms with Crippen molar-refractivity contribution in [3.63, 3.8) is 0 Å². The van der Waals surface area contributed by atoms with E-state index in [9.17, 15) is 9.59 Å². The van der Waals surface area contributed by atoms with Crippen molar-refractivity contribution in [2.24, 2.45) is 0 Å². The number of hydrogen-bond acceptors (Lipinski definition) is 4. The molecule has 1 N–H and O–H groups in total. The van der Waals surface area contributed by atoms with Crippen LogP contribution in [0.4, 0.5) is 5.69 Å². The summed E-state index contributed by atoms with van der Waals surface area (Å²) < 4.78 is 0. The Morgan fingerprint density at radius 1 is 0.963 bits per heavy atom. The molecule has 27 heavy (non-hydrogen) atoms. The molecule has 0 atom stereocenters. The van der Waals surface area contributed by atoms with Gasteiger partial charge in [0, 0.05) is 50.0 Å². The molecular formula is C20H29ClN4O2. The molecule has 0 unspecified atom stereocenters. The molecule has 0 saturated carbocycles. The van der Waals surface area contributed by atoms with Crippen LogP contribution in [0.3, 0.4) is 0 Å². The van der Waals surface area contributed by atoms with Crippen molar-refractivity contribution in [3.8, 4) is 0 Å². The first-order valence-electron chi connectivity index (χ1n) is 9.80. The van der Waals surface area contributed by atoms with Gasteiger partial charge >= 0.3 is 0 Å². The number of amides is 2. The maximum atomic E-state index is 12.4. The number of carbonyl (C=O) groups is 2. The lowest BCUT2D eigenvalue weighted by molar-refractivity contribution is -0.134. The molecule has 6 nitrogen and oxygen atoms in total. The first kappa shape index (κ1) is 20.1. The highest BCUT2D eigenvalue weighted by atomic mass is 35.5. The largest absolute Gasteiger partial charge is 0.342 e. The Morgan fingerprint density at radius 3 is 2.22 bits per heavy atom. The van der Waals surface area contributed by atoms with Gasteiger partial charge < -0.3 is 10.2 Å². The van der Waals surface area contributed by atoms with E-state index in [1.165, 1.54) is 6.42 Å². The van der Waals surface area contributed by atoms with E-state index in [2.05, 4.69) is 15.1 Å². The quantitative estimate of drug-likeness (QED) is 0.834. The average Bonchev–Trinajstić information content (AvgIpc) is 2.67. The molecule has 3 rings (SSSR count). The van der Waals surface area contributed by atoms with Gasteiger partial charge in [0.15, 0.2) is 0 Å². The number of piperidine rings is 1. The molecule has 148 valence electrons. The third-order valence-corrected chi connectivity index (χ3v) is 5.76. The normalized spacial score (nSPS) is 19.1. The van der Waals surface area contributed by atoms with Crippen LogP contribution in [-0.2, 0) is 9.59 Å². The number of halogens is 1. The van der Waals surface area contributed by atoms with Gasteiger partial charge in [0.2, 0.25) is 11.8 Å². The van der Waals surface area contributed by atoms with Gasteiger partial charge in [-0.05, 0) is 43.9 Å². The fourth-order valence-electron chi connectivity index (χ4n) is 3.61. The van der Waals surface area contributed by atoms with Crippen LogP contribution in [0.15, 0.2) is 18.2 Å². The second-order valence-electron chi connectivity index (χ2n) is 7.51. The summed E-state index contributed by atoms with van der Waals surface area (Å²) in [6.45, 7) is 7.85. The Morgan fingerprint density at radius 2 is 1.59 bits per heavy atom. The van der Waals surface area contributed by atoms with E-state index in [0.717, 1.165) is 63.4 Å². The first-order chi connectivity index (χ1) is 13.0. The smallest absolute Gasteiger partial charge is 0.238 e. The minimum atomic E-state index is -0.0345. The highest BCUT2D eigenvalue weighted by Gasteiger charge is 2.23. The van der Waals surface area contributed by atoms with Crippen molar-refractivity contribution in [1.82, 2.24) is 14.7 Å². The molecule has 0 spiro atoms. The van der Waals surface area contributed by atoms with Gasteiger partial charge in [-0.3, -0.25) is 19.4 Å². The molecule has 0 aliphatic carbocycles. The van der Waals surface area contributed by atoms with Crippen molar-refractivity contribution in [2.75, 3.05) is 57.7 Å². The van der Waals surface area contributed by atoms with Gasteiger partial charge in [0.1, 0.15) is 0 Å². The lowest BCUT2D eigenvalue weighted by Crippen LogP contribution is -2.51. The molecular weight excluding hydrogens is 364 g/mol. The molecule has 0 bridgehead atoms. The number of anilines is 1. The Balaban J connectivity index is 1.39. The Hall–Kier alpha value is -1.63. The van der Waals surface area contributed by atoms with Crippen LogP contribution >= 0.6 is 11.6 Å². The lowest BCUT2D eigenvalue weighted by atomic mass is 10.1. The van der Waals surface area contributed by atoms with Crippen LogP contribution in [0, 0.1) is 6.92 Å². The summed E-state index contributed by atoms with van der Waals surface area (Å²) in [5, 5.41) is 3.56. The minimum Gasteiger partial charge on any atom is -0.342 e. The Kier molecular flexibility index (Phi) is 7.10. The summed E-state index contributed by atoms with van der Waals surface area (Å²) in [6.07, 6.45) is 3.49. The number of piperazine rings is 1. The molecule has 0 radical (unpaired) electrons. The molecule has 2 saturated heterocycles. The Bertz CT molecular complexity index is 668. The molecule has 0 aromatic heterocycles. The molecule has 2 heterocycles. The lowest BCUT2D eigenvalue weighted by Gasteiger charge is -2.35. The van der Waals surface area contributed by atoms with Crippen LogP contribution in [-0.4, -0.2) is 78.9 Å². The number of nitrogens with zero attached hydrogens (tertiary/aromatic N) is 3. The Labute approximate surface area is 166 Å².